The van der Waals surface area contributed by atoms with Gasteiger partial charge in [0.1, 0.15) is 0 Å². The summed E-state index contributed by atoms with van der Waals surface area (Å²) in [4.78, 5) is 0. The van der Waals surface area contributed by atoms with Crippen LogP contribution in [0.1, 0.15) is 12.0 Å². The number of nitrogens with one attached hydrogen (secondary N) is 1. The highest BCUT2D eigenvalue weighted by atomic mass is 14.9. The van der Waals surface area contributed by atoms with Crippen LogP contribution < -0.4 is 5.32 Å². The van der Waals surface area contributed by atoms with Crippen LogP contribution in [0.2, 0.25) is 0 Å². The molecule has 1 aromatic rings. The summed E-state index contributed by atoms with van der Waals surface area (Å²) in [6.45, 7) is 2.39. The second-order valence-corrected chi connectivity index (χ2v) is 4.34. The topological polar surface area (TPSA) is 12.0 Å². The van der Waals surface area contributed by atoms with Crippen molar-refractivity contribution in [3.05, 3.63) is 42.0 Å². The Morgan fingerprint density at radius 3 is 2.71 bits per heavy atom. The Bertz CT molecular complexity index is 353. The van der Waals surface area contributed by atoms with E-state index >= 15 is 0 Å². The first-order valence-corrected chi connectivity index (χ1v) is 5.40. The molecule has 1 aliphatic carbocycles. The van der Waals surface area contributed by atoms with Gasteiger partial charge in [-0.2, -0.15) is 0 Å². The number of benzene rings is 1. The van der Waals surface area contributed by atoms with E-state index in [9.17, 15) is 0 Å². The average Bonchev–Trinajstić information content (AvgIpc) is 2.78. The molecule has 0 spiro atoms. The van der Waals surface area contributed by atoms with Crippen LogP contribution in [0.5, 0.6) is 0 Å². The summed E-state index contributed by atoms with van der Waals surface area (Å²) in [5.74, 6) is 1.66. The summed E-state index contributed by atoms with van der Waals surface area (Å²) in [6.07, 6.45) is 3.74. The molecule has 3 rings (SSSR count). The molecule has 72 valence electrons. The second kappa shape index (κ2) is 3.25. The maximum Gasteiger partial charge on any atom is 0.00178 e. The number of allylic oxidation sites excluding steroid dienone is 1. The van der Waals surface area contributed by atoms with Gasteiger partial charge in [0.15, 0.2) is 0 Å². The van der Waals surface area contributed by atoms with Crippen molar-refractivity contribution in [3.63, 3.8) is 0 Å². The van der Waals surface area contributed by atoms with Crippen molar-refractivity contribution in [3.8, 4) is 0 Å². The first-order chi connectivity index (χ1) is 6.93. The van der Waals surface area contributed by atoms with Crippen molar-refractivity contribution in [2.24, 2.45) is 11.8 Å². The molecule has 1 aliphatic heterocycles. The molecule has 2 atom stereocenters. The molecular formula is C13H15N. The molecule has 0 bridgehead atoms. The van der Waals surface area contributed by atoms with Gasteiger partial charge in [0, 0.05) is 6.54 Å². The van der Waals surface area contributed by atoms with E-state index in [1.807, 2.05) is 0 Å². The van der Waals surface area contributed by atoms with Crippen molar-refractivity contribution >= 4 is 5.57 Å². The van der Waals surface area contributed by atoms with Gasteiger partial charge in [-0.15, -0.1) is 0 Å². The zero-order valence-corrected chi connectivity index (χ0v) is 8.24. The first kappa shape index (κ1) is 8.25. The summed E-state index contributed by atoms with van der Waals surface area (Å²) < 4.78 is 0. The van der Waals surface area contributed by atoms with Gasteiger partial charge in [-0.25, -0.2) is 0 Å². The summed E-state index contributed by atoms with van der Waals surface area (Å²) in [6, 6.07) is 10.8. The average molecular weight is 185 g/mol. The lowest BCUT2D eigenvalue weighted by molar-refractivity contribution is 0.536. The van der Waals surface area contributed by atoms with E-state index in [0.29, 0.717) is 0 Å². The highest BCUT2D eigenvalue weighted by Gasteiger charge is 2.31. The SMILES string of the molecule is C1=C(c2ccccc2)CC2CNC[C@@H]12. The van der Waals surface area contributed by atoms with Gasteiger partial charge in [-0.05, 0) is 35.9 Å². The van der Waals surface area contributed by atoms with Crippen molar-refractivity contribution in [1.82, 2.24) is 5.32 Å². The van der Waals surface area contributed by atoms with Gasteiger partial charge in [0.05, 0.1) is 0 Å². The Morgan fingerprint density at radius 2 is 1.93 bits per heavy atom. The Balaban J connectivity index is 1.88. The molecule has 0 amide bonds. The molecule has 1 heteroatoms. The van der Waals surface area contributed by atoms with Crippen molar-refractivity contribution in [2.45, 2.75) is 6.42 Å². The van der Waals surface area contributed by atoms with Gasteiger partial charge in [-0.3, -0.25) is 0 Å². The fourth-order valence-corrected chi connectivity index (χ4v) is 2.65. The standard InChI is InChI=1S/C13H15N/c1-2-4-10(5-3-1)11-6-12-8-14-9-13(12)7-11/h1-6,12-14H,7-9H2/t12-,13?/m1/s1. The van der Waals surface area contributed by atoms with Crippen molar-refractivity contribution in [2.75, 3.05) is 13.1 Å². The largest absolute Gasteiger partial charge is 0.316 e. The Kier molecular flexibility index (Phi) is 1.91. The molecule has 1 saturated heterocycles. The Labute approximate surface area is 84.8 Å². The smallest absolute Gasteiger partial charge is 0.00178 e. The quantitative estimate of drug-likeness (QED) is 0.708. The van der Waals surface area contributed by atoms with E-state index in [1.54, 1.807) is 5.57 Å². The lowest BCUT2D eigenvalue weighted by atomic mass is 9.98. The molecule has 1 N–H and O–H groups in total. The molecule has 1 heterocycles. The predicted molar refractivity (Wildman–Crippen MR) is 58.9 cm³/mol. The van der Waals surface area contributed by atoms with Crippen LogP contribution in [-0.4, -0.2) is 13.1 Å². The lowest BCUT2D eigenvalue weighted by Gasteiger charge is -2.06. The minimum absolute atomic E-state index is 0.796. The molecule has 1 aromatic carbocycles. The first-order valence-electron chi connectivity index (χ1n) is 5.40. The van der Waals surface area contributed by atoms with Crippen LogP contribution in [0, 0.1) is 11.8 Å². The third-order valence-electron chi connectivity index (χ3n) is 3.43. The lowest BCUT2D eigenvalue weighted by Crippen LogP contribution is -2.09. The molecule has 0 radical (unpaired) electrons. The normalized spacial score (nSPS) is 30.1. The minimum Gasteiger partial charge on any atom is -0.316 e. The zero-order valence-electron chi connectivity index (χ0n) is 8.24. The highest BCUT2D eigenvalue weighted by molar-refractivity contribution is 5.68. The van der Waals surface area contributed by atoms with Crippen LogP contribution in [0.4, 0.5) is 0 Å². The second-order valence-electron chi connectivity index (χ2n) is 4.34. The number of hydrogen-bond acceptors (Lipinski definition) is 1. The van der Waals surface area contributed by atoms with E-state index in [4.69, 9.17) is 0 Å². The molecular weight excluding hydrogens is 170 g/mol. The van der Waals surface area contributed by atoms with Crippen LogP contribution in [0.25, 0.3) is 5.57 Å². The van der Waals surface area contributed by atoms with E-state index < -0.39 is 0 Å². The monoisotopic (exact) mass is 185 g/mol. The van der Waals surface area contributed by atoms with Crippen LogP contribution in [0.3, 0.4) is 0 Å². The third kappa shape index (κ3) is 1.28. The van der Waals surface area contributed by atoms with Gasteiger partial charge >= 0.3 is 0 Å². The highest BCUT2D eigenvalue weighted by Crippen LogP contribution is 2.37. The molecule has 1 nitrogen and oxygen atoms in total. The van der Waals surface area contributed by atoms with Crippen LogP contribution in [-0.2, 0) is 0 Å². The molecule has 14 heavy (non-hydrogen) atoms. The summed E-state index contributed by atoms with van der Waals surface area (Å²) >= 11 is 0. The van der Waals surface area contributed by atoms with Gasteiger partial charge in [0.25, 0.3) is 0 Å². The van der Waals surface area contributed by atoms with Gasteiger partial charge in [-0.1, -0.05) is 36.4 Å². The Morgan fingerprint density at radius 1 is 1.07 bits per heavy atom. The van der Waals surface area contributed by atoms with E-state index in [0.717, 1.165) is 11.8 Å². The van der Waals surface area contributed by atoms with Gasteiger partial charge in [0.2, 0.25) is 0 Å². The summed E-state index contributed by atoms with van der Waals surface area (Å²) in [5.41, 5.74) is 2.98. The van der Waals surface area contributed by atoms with Crippen molar-refractivity contribution < 1.29 is 0 Å². The molecule has 0 saturated carbocycles. The number of fused-ring (bicyclic) bond motifs is 1. The van der Waals surface area contributed by atoms with E-state index in [-0.39, 0.29) is 0 Å². The fourth-order valence-electron chi connectivity index (χ4n) is 2.65. The predicted octanol–water partition coefficient (Wildman–Crippen LogP) is 2.31. The molecule has 1 unspecified atom stereocenters. The Hall–Kier alpha value is -1.08. The number of hydrogen-bond donors (Lipinski definition) is 1. The summed E-state index contributed by atoms with van der Waals surface area (Å²) in [7, 11) is 0. The van der Waals surface area contributed by atoms with Crippen LogP contribution in [0.15, 0.2) is 36.4 Å². The summed E-state index contributed by atoms with van der Waals surface area (Å²) in [5, 5.41) is 3.45. The van der Waals surface area contributed by atoms with Gasteiger partial charge < -0.3 is 5.32 Å². The fraction of sp³-hybridized carbons (Fsp3) is 0.385. The maximum atomic E-state index is 3.45. The number of rotatable bonds is 1. The van der Waals surface area contributed by atoms with Crippen LogP contribution >= 0.6 is 0 Å². The third-order valence-corrected chi connectivity index (χ3v) is 3.43. The minimum atomic E-state index is 0.796. The zero-order chi connectivity index (χ0) is 9.38. The maximum absolute atomic E-state index is 3.45. The van der Waals surface area contributed by atoms with E-state index in [2.05, 4.69) is 41.7 Å². The molecule has 0 aromatic heterocycles. The van der Waals surface area contributed by atoms with E-state index in [1.165, 1.54) is 25.1 Å². The molecule has 2 aliphatic rings. The van der Waals surface area contributed by atoms with Crippen molar-refractivity contribution in [1.29, 1.82) is 0 Å². The molecule has 1 fully saturated rings.